The maximum atomic E-state index is 12.3. The van der Waals surface area contributed by atoms with E-state index in [0.717, 1.165) is 18.0 Å². The number of nitrogens with zero attached hydrogens (tertiary/aromatic N) is 1. The Labute approximate surface area is 126 Å². The monoisotopic (exact) mass is 312 g/mol. The van der Waals surface area contributed by atoms with Gasteiger partial charge in [-0.1, -0.05) is 19.9 Å². The Balaban J connectivity index is 2.04. The minimum absolute atomic E-state index is 0.0805. The Morgan fingerprint density at radius 2 is 2.00 bits per heavy atom. The van der Waals surface area contributed by atoms with E-state index in [-0.39, 0.29) is 6.03 Å². The quantitative estimate of drug-likeness (QED) is 0.913. The molecule has 1 N–H and O–H groups in total. The molecule has 0 aliphatic carbocycles. The summed E-state index contributed by atoms with van der Waals surface area (Å²) in [6.45, 7) is 5.81. The van der Waals surface area contributed by atoms with Gasteiger partial charge in [0.1, 0.15) is 0 Å². The number of hydrogen-bond donors (Lipinski definition) is 1. The number of thioether (sulfide) groups is 1. The molecule has 3 atom stereocenters. The predicted molar refractivity (Wildman–Crippen MR) is 85.9 cm³/mol. The molecule has 2 amide bonds. The smallest absolute Gasteiger partial charge is 0.321 e. The molecule has 0 saturated carbocycles. The number of nitrogens with one attached hydrogen (secondary N) is 1. The SMILES string of the molecule is C[C@@H]1CN(C(=O)Nc2cccc([S@](C)=O)c2)C[C@@H](C)S1. The van der Waals surface area contributed by atoms with Crippen LogP contribution in [0.2, 0.25) is 0 Å². The van der Waals surface area contributed by atoms with Crippen LogP contribution in [0.1, 0.15) is 13.8 Å². The highest BCUT2D eigenvalue weighted by atomic mass is 32.2. The van der Waals surface area contributed by atoms with Crippen molar-refractivity contribution in [3.63, 3.8) is 0 Å². The Morgan fingerprint density at radius 1 is 1.35 bits per heavy atom. The molecule has 0 bridgehead atoms. The molecule has 0 spiro atoms. The largest absolute Gasteiger partial charge is 0.322 e. The average molecular weight is 312 g/mol. The third-order valence-electron chi connectivity index (χ3n) is 3.12. The molecule has 1 aliphatic heterocycles. The summed E-state index contributed by atoms with van der Waals surface area (Å²) < 4.78 is 11.5. The fourth-order valence-electron chi connectivity index (χ4n) is 2.30. The average Bonchev–Trinajstić information content (AvgIpc) is 2.37. The molecule has 110 valence electrons. The number of rotatable bonds is 2. The van der Waals surface area contributed by atoms with Gasteiger partial charge in [0, 0.05) is 51.2 Å². The molecule has 0 unspecified atom stereocenters. The number of carbonyl (C=O) groups excluding carboxylic acids is 1. The van der Waals surface area contributed by atoms with Crippen molar-refractivity contribution in [3.8, 4) is 0 Å². The van der Waals surface area contributed by atoms with Gasteiger partial charge in [-0.2, -0.15) is 11.8 Å². The van der Waals surface area contributed by atoms with Crippen LogP contribution in [0.25, 0.3) is 0 Å². The number of benzene rings is 1. The first-order chi connectivity index (χ1) is 9.45. The highest BCUT2D eigenvalue weighted by Crippen LogP contribution is 2.25. The lowest BCUT2D eigenvalue weighted by molar-refractivity contribution is 0.211. The number of anilines is 1. The maximum absolute atomic E-state index is 12.3. The standard InChI is InChI=1S/C14H20N2O2S2/c1-10-8-16(9-11(2)19-10)14(17)15-12-5-4-6-13(7-12)20(3)18/h4-7,10-11H,8-9H2,1-3H3,(H,15,17)/t10-,11-,20+/m1/s1. The lowest BCUT2D eigenvalue weighted by Gasteiger charge is -2.34. The fraction of sp³-hybridized carbons (Fsp3) is 0.500. The summed E-state index contributed by atoms with van der Waals surface area (Å²) in [5.41, 5.74) is 0.696. The summed E-state index contributed by atoms with van der Waals surface area (Å²) >= 11 is 1.91. The summed E-state index contributed by atoms with van der Waals surface area (Å²) in [6, 6.07) is 7.11. The molecule has 2 rings (SSSR count). The van der Waals surface area contributed by atoms with E-state index in [1.165, 1.54) is 0 Å². The lowest BCUT2D eigenvalue weighted by atomic mass is 10.3. The van der Waals surface area contributed by atoms with Gasteiger partial charge in [0.2, 0.25) is 0 Å². The molecule has 1 aromatic carbocycles. The van der Waals surface area contributed by atoms with Crippen LogP contribution in [0.15, 0.2) is 29.2 Å². The molecule has 1 aliphatic rings. The van der Waals surface area contributed by atoms with Crippen LogP contribution in [0.3, 0.4) is 0 Å². The molecule has 1 heterocycles. The fourth-order valence-corrected chi connectivity index (χ4v) is 4.19. The van der Waals surface area contributed by atoms with Gasteiger partial charge < -0.3 is 10.2 Å². The second-order valence-corrected chi connectivity index (χ2v) is 8.34. The predicted octanol–water partition coefficient (Wildman–Crippen LogP) is 2.78. The van der Waals surface area contributed by atoms with Crippen molar-refractivity contribution in [2.75, 3.05) is 24.7 Å². The third kappa shape index (κ3) is 3.99. The van der Waals surface area contributed by atoms with E-state index in [2.05, 4.69) is 19.2 Å². The summed E-state index contributed by atoms with van der Waals surface area (Å²) in [4.78, 5) is 14.8. The number of carbonyl (C=O) groups is 1. The van der Waals surface area contributed by atoms with Crippen molar-refractivity contribution in [1.82, 2.24) is 4.90 Å². The highest BCUT2D eigenvalue weighted by molar-refractivity contribution is 8.00. The van der Waals surface area contributed by atoms with Gasteiger partial charge in [-0.3, -0.25) is 4.21 Å². The Kier molecular flexibility index (Phi) is 5.10. The van der Waals surface area contributed by atoms with Crippen molar-refractivity contribution < 1.29 is 9.00 Å². The van der Waals surface area contributed by atoms with Crippen LogP contribution in [-0.2, 0) is 10.8 Å². The van der Waals surface area contributed by atoms with Crippen molar-refractivity contribution in [1.29, 1.82) is 0 Å². The number of urea groups is 1. The van der Waals surface area contributed by atoms with Crippen LogP contribution >= 0.6 is 11.8 Å². The van der Waals surface area contributed by atoms with E-state index in [0.29, 0.717) is 16.2 Å². The van der Waals surface area contributed by atoms with Crippen LogP contribution < -0.4 is 5.32 Å². The van der Waals surface area contributed by atoms with Gasteiger partial charge in [-0.15, -0.1) is 0 Å². The topological polar surface area (TPSA) is 49.4 Å². The van der Waals surface area contributed by atoms with Gasteiger partial charge in [0.25, 0.3) is 0 Å². The molecule has 0 aromatic heterocycles. The summed E-state index contributed by atoms with van der Waals surface area (Å²) in [6.07, 6.45) is 1.63. The molecule has 0 radical (unpaired) electrons. The van der Waals surface area contributed by atoms with Gasteiger partial charge in [0.05, 0.1) is 0 Å². The second kappa shape index (κ2) is 6.63. The number of amides is 2. The van der Waals surface area contributed by atoms with Crippen LogP contribution in [0.5, 0.6) is 0 Å². The normalized spacial score (nSPS) is 24.2. The van der Waals surface area contributed by atoms with Crippen molar-refractivity contribution in [3.05, 3.63) is 24.3 Å². The molecule has 1 aromatic rings. The van der Waals surface area contributed by atoms with Crippen LogP contribution in [0, 0.1) is 0 Å². The van der Waals surface area contributed by atoms with Gasteiger partial charge >= 0.3 is 6.03 Å². The summed E-state index contributed by atoms with van der Waals surface area (Å²) in [5, 5.41) is 3.81. The molecule has 20 heavy (non-hydrogen) atoms. The first kappa shape index (κ1) is 15.4. The Morgan fingerprint density at radius 3 is 2.60 bits per heavy atom. The number of hydrogen-bond acceptors (Lipinski definition) is 3. The van der Waals surface area contributed by atoms with Gasteiger partial charge in [-0.25, -0.2) is 4.79 Å². The molecular weight excluding hydrogens is 292 g/mol. The van der Waals surface area contributed by atoms with E-state index in [4.69, 9.17) is 0 Å². The van der Waals surface area contributed by atoms with Crippen molar-refractivity contribution >= 4 is 34.3 Å². The van der Waals surface area contributed by atoms with E-state index >= 15 is 0 Å². The summed E-state index contributed by atoms with van der Waals surface area (Å²) in [5.74, 6) is 0. The zero-order valence-corrected chi connectivity index (χ0v) is 13.6. The van der Waals surface area contributed by atoms with E-state index in [9.17, 15) is 9.00 Å². The van der Waals surface area contributed by atoms with E-state index in [1.807, 2.05) is 28.8 Å². The lowest BCUT2D eigenvalue weighted by Crippen LogP contribution is -2.46. The van der Waals surface area contributed by atoms with E-state index in [1.54, 1.807) is 18.4 Å². The molecular formula is C14H20N2O2S2. The summed E-state index contributed by atoms with van der Waals surface area (Å²) in [7, 11) is -1.04. The van der Waals surface area contributed by atoms with Crippen molar-refractivity contribution in [2.24, 2.45) is 0 Å². The van der Waals surface area contributed by atoms with Crippen LogP contribution in [-0.4, -0.2) is 45.0 Å². The third-order valence-corrected chi connectivity index (χ3v) is 5.27. The van der Waals surface area contributed by atoms with E-state index < -0.39 is 10.8 Å². The van der Waals surface area contributed by atoms with Crippen LogP contribution in [0.4, 0.5) is 10.5 Å². The molecule has 6 heteroatoms. The highest BCUT2D eigenvalue weighted by Gasteiger charge is 2.25. The minimum atomic E-state index is -1.04. The Bertz CT molecular complexity index is 512. The maximum Gasteiger partial charge on any atom is 0.321 e. The first-order valence-electron chi connectivity index (χ1n) is 6.60. The van der Waals surface area contributed by atoms with Crippen molar-refractivity contribution in [2.45, 2.75) is 29.2 Å². The zero-order valence-electron chi connectivity index (χ0n) is 12.0. The minimum Gasteiger partial charge on any atom is -0.322 e. The van der Waals surface area contributed by atoms with Gasteiger partial charge in [0.15, 0.2) is 0 Å². The van der Waals surface area contributed by atoms with Gasteiger partial charge in [-0.05, 0) is 18.2 Å². The zero-order chi connectivity index (χ0) is 14.7. The first-order valence-corrected chi connectivity index (χ1v) is 9.10. The molecule has 1 saturated heterocycles. The Hall–Kier alpha value is -1.01. The molecule has 4 nitrogen and oxygen atoms in total. The molecule has 1 fully saturated rings. The second-order valence-electron chi connectivity index (χ2n) is 5.07.